The maximum Gasteiger partial charge on any atom is 0.423 e. The number of H-pyrrole nitrogens is 1. The fraction of sp³-hybridized carbons (Fsp3) is 0.500. The van der Waals surface area contributed by atoms with Gasteiger partial charge in [0.25, 0.3) is 5.56 Å². The Morgan fingerprint density at radius 1 is 1.37 bits per heavy atom. The van der Waals surface area contributed by atoms with Crippen molar-refractivity contribution in [3.8, 4) is 5.75 Å². The molecule has 15 heteroatoms. The van der Waals surface area contributed by atoms with Gasteiger partial charge in [0.15, 0.2) is 20.5 Å². The molecule has 2 atom stereocenters. The summed E-state index contributed by atoms with van der Waals surface area (Å²) in [6.45, 7) is 3.58. The van der Waals surface area contributed by atoms with E-state index in [9.17, 15) is 27.2 Å². The van der Waals surface area contributed by atoms with E-state index in [1.165, 1.54) is 6.07 Å². The van der Waals surface area contributed by atoms with E-state index in [0.29, 0.717) is 37.8 Å². The Morgan fingerprint density at radius 2 is 2.17 bits per heavy atom. The van der Waals surface area contributed by atoms with Crippen LogP contribution in [0.5, 0.6) is 5.75 Å². The average Bonchev–Trinajstić information content (AvgIpc) is 2.80. The summed E-state index contributed by atoms with van der Waals surface area (Å²) in [4.78, 5) is 34.7. The van der Waals surface area contributed by atoms with E-state index < -0.39 is 32.1 Å². The van der Waals surface area contributed by atoms with E-state index in [1.807, 2.05) is 4.90 Å². The summed E-state index contributed by atoms with van der Waals surface area (Å²) in [7, 11) is -2.05. The van der Waals surface area contributed by atoms with Gasteiger partial charge in [-0.15, -0.1) is 0 Å². The third-order valence-corrected chi connectivity index (χ3v) is 7.25. The highest BCUT2D eigenvalue weighted by Crippen LogP contribution is 2.34. The Hall–Kier alpha value is -3.20. The molecule has 0 aromatic carbocycles. The molecule has 0 bridgehead atoms. The normalized spacial score (nSPS) is 18.4. The summed E-state index contributed by atoms with van der Waals surface area (Å²) in [6, 6.07) is 1.20. The zero-order valence-corrected chi connectivity index (χ0v) is 19.9. The molecule has 1 amide bonds. The maximum atomic E-state index is 13.4. The lowest BCUT2D eigenvalue weighted by molar-refractivity contribution is -0.138. The van der Waals surface area contributed by atoms with E-state index >= 15 is 0 Å². The number of rotatable bonds is 7. The minimum absolute atomic E-state index is 0.0961. The summed E-state index contributed by atoms with van der Waals surface area (Å²) in [5.41, 5.74) is -3.02. The van der Waals surface area contributed by atoms with Crippen molar-refractivity contribution in [2.45, 2.75) is 25.2 Å². The van der Waals surface area contributed by atoms with Crippen LogP contribution < -0.4 is 20.2 Å². The van der Waals surface area contributed by atoms with Gasteiger partial charge in [0.1, 0.15) is 18.0 Å². The monoisotopic (exact) mass is 516 g/mol. The number of carbonyl (C=O) groups is 1. The molecule has 10 nitrogen and oxygen atoms in total. The number of carbonyl (C=O) groups excluding carboxylic acids is 1. The van der Waals surface area contributed by atoms with Gasteiger partial charge < -0.3 is 24.3 Å². The summed E-state index contributed by atoms with van der Waals surface area (Å²) in [5, 5.41) is 5.21. The first-order valence-corrected chi connectivity index (χ1v) is 13.5. The molecule has 0 saturated carbocycles. The topological polar surface area (TPSA) is 113 Å². The van der Waals surface area contributed by atoms with Crippen LogP contribution in [-0.2, 0) is 15.7 Å². The van der Waals surface area contributed by atoms with Gasteiger partial charge >= 0.3 is 6.18 Å². The largest absolute Gasteiger partial charge is 0.487 e. The maximum absolute atomic E-state index is 13.4. The summed E-state index contributed by atoms with van der Waals surface area (Å²) in [6.07, 6.45) is -2.48. The van der Waals surface area contributed by atoms with Crippen LogP contribution in [0.25, 0.3) is 0 Å². The number of piperazine rings is 1. The van der Waals surface area contributed by atoms with E-state index in [1.54, 1.807) is 16.5 Å². The zero-order chi connectivity index (χ0) is 25.2. The highest BCUT2D eigenvalue weighted by molar-refractivity contribution is 6.61. The SMILES string of the molecule is C[Si@@H](COCCC(=O)N1CCN2c3ncc(F)cc3OCC2C1)Nc1cn[nH]c(=O)c1C(F)(F)F. The molecule has 2 N–H and O–H groups in total. The van der Waals surface area contributed by atoms with Crippen molar-refractivity contribution in [1.82, 2.24) is 20.1 Å². The molecule has 190 valence electrons. The molecule has 2 aromatic heterocycles. The molecule has 1 unspecified atom stereocenters. The van der Waals surface area contributed by atoms with Crippen LogP contribution in [0.2, 0.25) is 6.55 Å². The molecule has 35 heavy (non-hydrogen) atoms. The van der Waals surface area contributed by atoms with Gasteiger partial charge in [-0.2, -0.15) is 18.3 Å². The lowest BCUT2D eigenvalue weighted by Crippen LogP contribution is -2.58. The number of alkyl halides is 3. The quantitative estimate of drug-likeness (QED) is 0.320. The van der Waals surface area contributed by atoms with Crippen molar-refractivity contribution in [1.29, 1.82) is 0 Å². The highest BCUT2D eigenvalue weighted by Gasteiger charge is 2.38. The number of amides is 1. The van der Waals surface area contributed by atoms with Gasteiger partial charge in [-0.05, 0) is 0 Å². The molecule has 2 aromatic rings. The fourth-order valence-electron chi connectivity index (χ4n) is 4.10. The number of anilines is 2. The second-order valence-corrected chi connectivity index (χ2v) is 10.8. The number of pyridine rings is 1. The van der Waals surface area contributed by atoms with Crippen LogP contribution in [-0.4, -0.2) is 80.1 Å². The molecule has 0 spiro atoms. The zero-order valence-electron chi connectivity index (χ0n) is 18.8. The average molecular weight is 517 g/mol. The lowest BCUT2D eigenvalue weighted by atomic mass is 10.1. The van der Waals surface area contributed by atoms with Gasteiger partial charge in [0, 0.05) is 25.7 Å². The summed E-state index contributed by atoms with van der Waals surface area (Å²) < 4.78 is 64.0. The van der Waals surface area contributed by atoms with E-state index in [0.717, 1.165) is 12.4 Å². The second-order valence-electron chi connectivity index (χ2n) is 8.33. The van der Waals surface area contributed by atoms with E-state index in [4.69, 9.17) is 9.47 Å². The molecule has 4 rings (SSSR count). The smallest absolute Gasteiger partial charge is 0.423 e. The van der Waals surface area contributed by atoms with E-state index in [2.05, 4.69) is 15.1 Å². The summed E-state index contributed by atoms with van der Waals surface area (Å²) >= 11 is 0. The number of fused-ring (bicyclic) bond motifs is 3. The Labute approximate surface area is 198 Å². The molecule has 2 aliphatic rings. The summed E-state index contributed by atoms with van der Waals surface area (Å²) in [5.74, 6) is 0.370. The van der Waals surface area contributed by atoms with Crippen molar-refractivity contribution < 1.29 is 31.8 Å². The van der Waals surface area contributed by atoms with Crippen molar-refractivity contribution in [2.75, 3.05) is 49.0 Å². The van der Waals surface area contributed by atoms with Gasteiger partial charge in [-0.25, -0.2) is 14.5 Å². The Bertz CT molecular complexity index is 1130. The molecule has 2 aliphatic heterocycles. The lowest BCUT2D eigenvalue weighted by Gasteiger charge is -2.44. The number of hydrogen-bond acceptors (Lipinski definition) is 8. The molecular weight excluding hydrogens is 492 g/mol. The van der Waals surface area contributed by atoms with Crippen molar-refractivity contribution in [3.05, 3.63) is 40.2 Å². The first-order chi connectivity index (χ1) is 16.6. The predicted octanol–water partition coefficient (Wildman–Crippen LogP) is 1.14. The first-order valence-electron chi connectivity index (χ1n) is 11.0. The van der Waals surface area contributed by atoms with Crippen molar-refractivity contribution in [3.63, 3.8) is 0 Å². The van der Waals surface area contributed by atoms with E-state index in [-0.39, 0.29) is 36.9 Å². The number of halogens is 4. The van der Waals surface area contributed by atoms with Gasteiger partial charge in [0.2, 0.25) is 5.91 Å². The van der Waals surface area contributed by atoms with Crippen LogP contribution >= 0.6 is 0 Å². The number of nitrogens with one attached hydrogen (secondary N) is 2. The number of aromatic amines is 1. The highest BCUT2D eigenvalue weighted by atomic mass is 28.3. The molecule has 0 aliphatic carbocycles. The standard InChI is InChI=1S/C20H24F4N6O4Si/c1-35(28-14-8-26-27-19(32)17(14)20(22,23)24)11-33-5-2-16(31)29-3-4-30-13(9-29)10-34-15-6-12(21)7-25-18(15)30/h6-8,13,35H,2-5,9-11H2,1H3,(H2,27,28,32)/t13?,35-/m0/s1. The second kappa shape index (κ2) is 10.2. The molecule has 4 heterocycles. The molecule has 0 radical (unpaired) electrons. The Morgan fingerprint density at radius 3 is 2.94 bits per heavy atom. The first kappa shape index (κ1) is 24.9. The van der Waals surface area contributed by atoms with Crippen LogP contribution in [0.4, 0.5) is 29.1 Å². The number of hydrogen-bond donors (Lipinski definition) is 2. The molecule has 1 fully saturated rings. The van der Waals surface area contributed by atoms with Crippen molar-refractivity contribution in [2.24, 2.45) is 0 Å². The number of aromatic nitrogens is 3. The predicted molar refractivity (Wildman–Crippen MR) is 119 cm³/mol. The molecular formula is C20H24F4N6O4Si. The number of ether oxygens (including phenoxy) is 2. The van der Waals surface area contributed by atoms with Gasteiger partial charge in [0.05, 0.1) is 43.4 Å². The minimum Gasteiger partial charge on any atom is -0.487 e. The van der Waals surface area contributed by atoms with Gasteiger partial charge in [-0.1, -0.05) is 6.55 Å². The van der Waals surface area contributed by atoms with Crippen LogP contribution in [0, 0.1) is 5.82 Å². The molecule has 1 saturated heterocycles. The van der Waals surface area contributed by atoms with Gasteiger partial charge in [-0.3, -0.25) is 9.59 Å². The number of nitrogens with zero attached hydrogens (tertiary/aromatic N) is 4. The third kappa shape index (κ3) is 5.72. The van der Waals surface area contributed by atoms with Crippen molar-refractivity contribution >= 4 is 26.4 Å². The Balaban J connectivity index is 1.23. The fourth-order valence-corrected chi connectivity index (χ4v) is 5.45. The van der Waals surface area contributed by atoms with Crippen LogP contribution in [0.3, 0.4) is 0 Å². The Kier molecular flexibility index (Phi) is 7.25. The van der Waals surface area contributed by atoms with Crippen LogP contribution in [0.1, 0.15) is 12.0 Å². The van der Waals surface area contributed by atoms with Crippen LogP contribution in [0.15, 0.2) is 23.3 Å². The minimum atomic E-state index is -4.82. The third-order valence-electron chi connectivity index (χ3n) is 5.71.